The molecule has 3 saturated heterocycles. The first kappa shape index (κ1) is 28.9. The van der Waals surface area contributed by atoms with Gasteiger partial charge >= 0.3 is 6.01 Å². The Morgan fingerprint density at radius 2 is 1.96 bits per heavy atom. The number of β-amino-alcohol motifs (C(OH)–C–C–N with tert-alkyl or cyclic N) is 1. The fourth-order valence-corrected chi connectivity index (χ4v) is 7.97. The Bertz CT molecular complexity index is 2070. The smallest absolute Gasteiger partial charge is 0.319 e. The number of alkyl halides is 1. The van der Waals surface area contributed by atoms with E-state index in [0.717, 1.165) is 25.8 Å². The molecular formula is C35H34F2N6O3. The summed E-state index contributed by atoms with van der Waals surface area (Å²) in [4.78, 5) is 14.0. The van der Waals surface area contributed by atoms with Gasteiger partial charge in [-0.05, 0) is 74.9 Å². The minimum atomic E-state index is -0.910. The predicted molar refractivity (Wildman–Crippen MR) is 171 cm³/mol. The van der Waals surface area contributed by atoms with Gasteiger partial charge in [0.25, 0.3) is 0 Å². The molecule has 0 bridgehead atoms. The van der Waals surface area contributed by atoms with Crippen molar-refractivity contribution >= 4 is 33.0 Å². The van der Waals surface area contributed by atoms with Crippen LogP contribution in [0.5, 0.6) is 11.8 Å². The standard InChI is InChI=1S/C35H34F2N6O3/c1-3-24-26(37)7-6-21-14-23(44)15-25(30(21)24)29-16-27-31(28-8-11-38-43(28)29)32(41-12-4-9-34(2,45)19-41)40-33(39-27)46-20-35-10-5-13-42(35)18-22(36)17-35/h1,6-8,11,14-16,22,44-45H,4-5,9-10,12-13,17-20H2,2H3/t22-,34-,35+/m1/s1. The molecule has 8 rings (SSSR count). The van der Waals surface area contributed by atoms with Crippen molar-refractivity contribution in [1.29, 1.82) is 0 Å². The maximum absolute atomic E-state index is 15.0. The monoisotopic (exact) mass is 624 g/mol. The molecule has 0 amide bonds. The molecule has 11 heteroatoms. The number of phenolic OH excluding ortho intramolecular Hbond substituents is 1. The lowest BCUT2D eigenvalue weighted by atomic mass is 9.94. The van der Waals surface area contributed by atoms with Gasteiger partial charge in [-0.25, -0.2) is 13.3 Å². The van der Waals surface area contributed by atoms with Crippen molar-refractivity contribution in [3.8, 4) is 35.4 Å². The van der Waals surface area contributed by atoms with Crippen LogP contribution >= 0.6 is 0 Å². The molecule has 9 nitrogen and oxygen atoms in total. The molecule has 6 heterocycles. The molecule has 0 unspecified atom stereocenters. The number of hydrogen-bond acceptors (Lipinski definition) is 8. The number of ether oxygens (including phenoxy) is 1. The Morgan fingerprint density at radius 3 is 2.78 bits per heavy atom. The average molecular weight is 625 g/mol. The second-order valence-corrected chi connectivity index (χ2v) is 13.3. The number of aliphatic hydroxyl groups is 1. The molecule has 0 saturated carbocycles. The fourth-order valence-electron chi connectivity index (χ4n) is 7.97. The second kappa shape index (κ2) is 10.5. The molecule has 0 radical (unpaired) electrons. The molecule has 3 atom stereocenters. The summed E-state index contributed by atoms with van der Waals surface area (Å²) in [7, 11) is 0. The highest BCUT2D eigenvalue weighted by Crippen LogP contribution is 2.42. The zero-order valence-electron chi connectivity index (χ0n) is 25.5. The number of anilines is 1. The van der Waals surface area contributed by atoms with Crippen molar-refractivity contribution < 1.29 is 23.7 Å². The van der Waals surface area contributed by atoms with Crippen LogP contribution in [0.15, 0.2) is 42.6 Å². The van der Waals surface area contributed by atoms with E-state index in [1.807, 2.05) is 19.1 Å². The number of halogens is 2. The second-order valence-electron chi connectivity index (χ2n) is 13.3. The van der Waals surface area contributed by atoms with Crippen molar-refractivity contribution in [2.45, 2.75) is 56.3 Å². The fraction of sp³-hybridized carbons (Fsp3) is 0.400. The van der Waals surface area contributed by atoms with Gasteiger partial charge in [-0.3, -0.25) is 4.90 Å². The zero-order valence-corrected chi connectivity index (χ0v) is 25.5. The van der Waals surface area contributed by atoms with Crippen molar-refractivity contribution in [3.05, 3.63) is 54.0 Å². The van der Waals surface area contributed by atoms with E-state index in [2.05, 4.69) is 20.8 Å². The molecule has 5 aromatic rings. The van der Waals surface area contributed by atoms with Crippen LogP contribution in [-0.4, -0.2) is 84.8 Å². The largest absolute Gasteiger partial charge is 0.508 e. The van der Waals surface area contributed by atoms with E-state index in [1.165, 1.54) is 6.07 Å². The van der Waals surface area contributed by atoms with Crippen LogP contribution in [0.2, 0.25) is 0 Å². The van der Waals surface area contributed by atoms with Crippen LogP contribution in [0.4, 0.5) is 14.6 Å². The van der Waals surface area contributed by atoms with E-state index < -0.39 is 17.6 Å². The molecule has 46 heavy (non-hydrogen) atoms. The molecule has 236 valence electrons. The Labute approximate surface area is 264 Å². The average Bonchev–Trinajstić information content (AvgIpc) is 3.73. The molecular weight excluding hydrogens is 590 g/mol. The number of pyridine rings is 1. The highest BCUT2D eigenvalue weighted by atomic mass is 19.1. The van der Waals surface area contributed by atoms with Crippen LogP contribution in [0.3, 0.4) is 0 Å². The summed E-state index contributed by atoms with van der Waals surface area (Å²) in [5.41, 5.74) is 1.04. The number of terminal acetylenes is 1. The van der Waals surface area contributed by atoms with Crippen LogP contribution in [0, 0.1) is 18.2 Å². The number of hydrogen-bond donors (Lipinski definition) is 2. The number of rotatable bonds is 5. The van der Waals surface area contributed by atoms with E-state index in [4.69, 9.17) is 21.1 Å². The number of benzene rings is 2. The maximum atomic E-state index is 15.0. The molecule has 2 aromatic carbocycles. The third-order valence-electron chi connectivity index (χ3n) is 9.98. The van der Waals surface area contributed by atoms with Gasteiger partial charge in [0.1, 0.15) is 30.2 Å². The molecule has 3 aromatic heterocycles. The molecule has 3 fully saturated rings. The minimum Gasteiger partial charge on any atom is -0.508 e. The topological polar surface area (TPSA) is 99.3 Å². The van der Waals surface area contributed by atoms with Gasteiger partial charge < -0.3 is 19.8 Å². The minimum absolute atomic E-state index is 0.0106. The Morgan fingerprint density at radius 1 is 1.11 bits per heavy atom. The zero-order chi connectivity index (χ0) is 31.8. The molecule has 2 N–H and O–H groups in total. The van der Waals surface area contributed by atoms with Crippen molar-refractivity contribution in [2.24, 2.45) is 0 Å². The van der Waals surface area contributed by atoms with Crippen LogP contribution < -0.4 is 9.64 Å². The van der Waals surface area contributed by atoms with Gasteiger partial charge in [0.2, 0.25) is 0 Å². The van der Waals surface area contributed by atoms with Gasteiger partial charge in [0, 0.05) is 37.0 Å². The van der Waals surface area contributed by atoms with Crippen molar-refractivity contribution in [3.63, 3.8) is 0 Å². The molecule has 3 aliphatic rings. The lowest BCUT2D eigenvalue weighted by Crippen LogP contribution is -2.46. The first-order chi connectivity index (χ1) is 22.1. The summed E-state index contributed by atoms with van der Waals surface area (Å²) < 4.78 is 37.6. The lowest BCUT2D eigenvalue weighted by Gasteiger charge is -2.38. The van der Waals surface area contributed by atoms with Gasteiger partial charge in [0.15, 0.2) is 0 Å². The Balaban J connectivity index is 1.34. The predicted octanol–water partition coefficient (Wildman–Crippen LogP) is 5.23. The van der Waals surface area contributed by atoms with Crippen LogP contribution in [0.25, 0.3) is 38.4 Å². The lowest BCUT2D eigenvalue weighted by molar-refractivity contribution is 0.0447. The maximum Gasteiger partial charge on any atom is 0.319 e. The van der Waals surface area contributed by atoms with Crippen molar-refractivity contribution in [2.75, 3.05) is 37.7 Å². The van der Waals surface area contributed by atoms with E-state index in [0.29, 0.717) is 76.7 Å². The van der Waals surface area contributed by atoms with E-state index in [-0.39, 0.29) is 29.5 Å². The molecule has 3 aliphatic heterocycles. The first-order valence-electron chi connectivity index (χ1n) is 15.7. The van der Waals surface area contributed by atoms with Gasteiger partial charge in [-0.2, -0.15) is 15.1 Å². The molecule has 0 spiro atoms. The van der Waals surface area contributed by atoms with Crippen molar-refractivity contribution in [1.82, 2.24) is 24.5 Å². The number of phenols is 1. The summed E-state index contributed by atoms with van der Waals surface area (Å²) in [6, 6.07) is 9.80. The highest BCUT2D eigenvalue weighted by molar-refractivity contribution is 6.07. The van der Waals surface area contributed by atoms with E-state index in [1.54, 1.807) is 28.9 Å². The molecule has 0 aliphatic carbocycles. The summed E-state index contributed by atoms with van der Waals surface area (Å²) in [6.45, 7) is 4.38. The van der Waals surface area contributed by atoms with Crippen LogP contribution in [0.1, 0.15) is 44.6 Å². The summed E-state index contributed by atoms with van der Waals surface area (Å²) in [5, 5.41) is 28.2. The van der Waals surface area contributed by atoms with Crippen LogP contribution in [-0.2, 0) is 0 Å². The summed E-state index contributed by atoms with van der Waals surface area (Å²) in [5.74, 6) is 2.54. The normalized spacial score (nSPS) is 25.0. The number of fused-ring (bicyclic) bond motifs is 5. The Hall–Kier alpha value is -4.53. The third-order valence-corrected chi connectivity index (χ3v) is 9.98. The number of nitrogens with zero attached hydrogens (tertiary/aromatic N) is 6. The SMILES string of the molecule is C#Cc1c(F)ccc2cc(O)cc(-c3cc4nc(OC[C@@]56CCCN5C[C@H](F)C6)nc(N5CCC[C@@](C)(O)C5)c4c4ccnn34)c12. The van der Waals surface area contributed by atoms with Gasteiger partial charge in [-0.15, -0.1) is 6.42 Å². The summed E-state index contributed by atoms with van der Waals surface area (Å²) >= 11 is 0. The number of aromatic nitrogens is 4. The van der Waals surface area contributed by atoms with Gasteiger partial charge in [0.05, 0.1) is 45.0 Å². The van der Waals surface area contributed by atoms with E-state index in [9.17, 15) is 14.6 Å². The quantitative estimate of drug-likeness (QED) is 0.257. The third kappa shape index (κ3) is 4.62. The number of aromatic hydroxyl groups is 1. The Kier molecular flexibility index (Phi) is 6.60. The van der Waals surface area contributed by atoms with Gasteiger partial charge in [-0.1, -0.05) is 12.0 Å². The summed E-state index contributed by atoms with van der Waals surface area (Å²) in [6.07, 6.45) is 10.3. The van der Waals surface area contributed by atoms with E-state index >= 15 is 4.39 Å². The number of piperidine rings is 1. The highest BCUT2D eigenvalue weighted by Gasteiger charge is 2.49. The first-order valence-corrected chi connectivity index (χ1v) is 15.7.